The van der Waals surface area contributed by atoms with Gasteiger partial charge < -0.3 is 19.5 Å². The first kappa shape index (κ1) is 22.4. The van der Waals surface area contributed by atoms with E-state index in [1.165, 1.54) is 24.0 Å². The first-order valence-electron chi connectivity index (χ1n) is 10.00. The molecule has 6 nitrogen and oxygen atoms in total. The van der Waals surface area contributed by atoms with Gasteiger partial charge in [-0.2, -0.15) is 0 Å². The molecule has 3 aromatic rings. The van der Waals surface area contributed by atoms with Crippen molar-refractivity contribution in [2.24, 2.45) is 0 Å². The number of rotatable bonds is 9. The van der Waals surface area contributed by atoms with Gasteiger partial charge in [-0.3, -0.25) is 4.79 Å². The molecule has 1 aromatic heterocycles. The summed E-state index contributed by atoms with van der Waals surface area (Å²) in [6.07, 6.45) is 0.934. The zero-order chi connectivity index (χ0) is 22.2. The number of hydrogen-bond donors (Lipinski definition) is 1. The van der Waals surface area contributed by atoms with Crippen molar-refractivity contribution < 1.29 is 23.8 Å². The molecule has 31 heavy (non-hydrogen) atoms. The van der Waals surface area contributed by atoms with Crippen molar-refractivity contribution in [2.45, 2.75) is 20.3 Å². The second-order valence-electron chi connectivity index (χ2n) is 6.64. The highest BCUT2D eigenvalue weighted by Gasteiger charge is 2.22. The number of thiophene rings is 1. The fourth-order valence-corrected chi connectivity index (χ4v) is 3.97. The third-order valence-corrected chi connectivity index (χ3v) is 5.51. The third-order valence-electron chi connectivity index (χ3n) is 4.61. The van der Waals surface area contributed by atoms with E-state index in [4.69, 9.17) is 14.2 Å². The molecular weight excluding hydrogens is 414 g/mol. The molecule has 162 valence electrons. The minimum Gasteiger partial charge on any atom is -0.494 e. The highest BCUT2D eigenvalue weighted by molar-refractivity contribution is 7.15. The van der Waals surface area contributed by atoms with Crippen LogP contribution in [0, 0.1) is 0 Å². The Morgan fingerprint density at radius 1 is 0.935 bits per heavy atom. The summed E-state index contributed by atoms with van der Waals surface area (Å²) < 4.78 is 15.9. The third kappa shape index (κ3) is 5.64. The number of amides is 1. The molecule has 0 saturated heterocycles. The van der Waals surface area contributed by atoms with E-state index in [9.17, 15) is 9.59 Å². The van der Waals surface area contributed by atoms with Gasteiger partial charge in [-0.15, -0.1) is 11.3 Å². The fourth-order valence-electron chi connectivity index (χ4n) is 3.00. The van der Waals surface area contributed by atoms with Crippen LogP contribution in [0.2, 0.25) is 0 Å². The van der Waals surface area contributed by atoms with Crippen LogP contribution in [-0.2, 0) is 16.0 Å². The van der Waals surface area contributed by atoms with Gasteiger partial charge in [0.1, 0.15) is 22.1 Å². The van der Waals surface area contributed by atoms with E-state index in [1.807, 2.05) is 36.6 Å². The lowest BCUT2D eigenvalue weighted by Gasteiger charge is -2.10. The molecule has 0 saturated carbocycles. The average molecular weight is 440 g/mol. The van der Waals surface area contributed by atoms with E-state index in [0.717, 1.165) is 23.3 Å². The number of anilines is 1. The van der Waals surface area contributed by atoms with Crippen LogP contribution in [0.5, 0.6) is 11.5 Å². The Bertz CT molecular complexity index is 1030. The minimum atomic E-state index is -0.501. The minimum absolute atomic E-state index is 0.187. The predicted octanol–water partition coefficient (Wildman–Crippen LogP) is 5.18. The van der Waals surface area contributed by atoms with E-state index in [-0.39, 0.29) is 12.5 Å². The van der Waals surface area contributed by atoms with Gasteiger partial charge in [0.15, 0.2) is 6.61 Å². The molecule has 3 rings (SSSR count). The Morgan fingerprint density at radius 2 is 1.58 bits per heavy atom. The second-order valence-corrected chi connectivity index (χ2v) is 7.52. The standard InChI is InChI=1S/C24H25NO5S/c1-4-16-6-8-17(9-7-16)20-15-31-23(22(20)24(27)28-3)25-21(26)14-30-19-12-10-18(11-13-19)29-5-2/h6-13,15H,4-5,14H2,1-3H3,(H,25,26). The van der Waals surface area contributed by atoms with E-state index in [0.29, 0.717) is 22.9 Å². The molecule has 0 atom stereocenters. The maximum absolute atomic E-state index is 12.4. The zero-order valence-electron chi connectivity index (χ0n) is 17.8. The molecule has 0 radical (unpaired) electrons. The predicted molar refractivity (Wildman–Crippen MR) is 122 cm³/mol. The summed E-state index contributed by atoms with van der Waals surface area (Å²) >= 11 is 1.28. The lowest BCUT2D eigenvalue weighted by atomic mass is 10.0. The van der Waals surface area contributed by atoms with Crippen LogP contribution < -0.4 is 14.8 Å². The van der Waals surface area contributed by atoms with Crippen LogP contribution in [0.1, 0.15) is 29.8 Å². The molecule has 0 fully saturated rings. The van der Waals surface area contributed by atoms with E-state index >= 15 is 0 Å². The summed E-state index contributed by atoms with van der Waals surface area (Å²) in [6, 6.07) is 15.0. The van der Waals surface area contributed by atoms with Gasteiger partial charge in [-0.25, -0.2) is 4.79 Å². The second kappa shape index (κ2) is 10.6. The molecule has 0 unspecified atom stereocenters. The van der Waals surface area contributed by atoms with Crippen molar-refractivity contribution >= 4 is 28.2 Å². The fraction of sp³-hybridized carbons (Fsp3) is 0.250. The molecular formula is C24H25NO5S. The van der Waals surface area contributed by atoms with Gasteiger partial charge in [0.2, 0.25) is 0 Å². The number of hydrogen-bond acceptors (Lipinski definition) is 6. The molecule has 0 spiro atoms. The largest absolute Gasteiger partial charge is 0.494 e. The summed E-state index contributed by atoms with van der Waals surface area (Å²) in [5.74, 6) is 0.419. The summed E-state index contributed by atoms with van der Waals surface area (Å²) in [7, 11) is 1.32. The van der Waals surface area contributed by atoms with Crippen molar-refractivity contribution in [1.82, 2.24) is 0 Å². The number of aryl methyl sites for hydroxylation is 1. The Balaban J connectivity index is 1.72. The van der Waals surface area contributed by atoms with Gasteiger partial charge in [-0.05, 0) is 48.7 Å². The van der Waals surface area contributed by atoms with E-state index < -0.39 is 5.97 Å². The molecule has 0 bridgehead atoms. The first-order chi connectivity index (χ1) is 15.0. The quantitative estimate of drug-likeness (QED) is 0.465. The molecule has 1 heterocycles. The number of nitrogens with one attached hydrogen (secondary N) is 1. The summed E-state index contributed by atoms with van der Waals surface area (Å²) in [5.41, 5.74) is 3.16. The van der Waals surface area contributed by atoms with Gasteiger partial charge in [0.05, 0.1) is 13.7 Å². The number of carbonyl (C=O) groups excluding carboxylic acids is 2. The Morgan fingerprint density at radius 3 is 2.16 bits per heavy atom. The van der Waals surface area contributed by atoms with Gasteiger partial charge in [0.25, 0.3) is 5.91 Å². The SMILES string of the molecule is CCOc1ccc(OCC(=O)Nc2scc(-c3ccc(CC)cc3)c2C(=O)OC)cc1. The number of carbonyl (C=O) groups is 2. The monoisotopic (exact) mass is 439 g/mol. The zero-order valence-corrected chi connectivity index (χ0v) is 18.6. The van der Waals surface area contributed by atoms with Crippen LogP contribution in [0.3, 0.4) is 0 Å². The highest BCUT2D eigenvalue weighted by Crippen LogP contribution is 2.36. The van der Waals surface area contributed by atoms with Crippen molar-refractivity contribution in [3.63, 3.8) is 0 Å². The van der Waals surface area contributed by atoms with Gasteiger partial charge in [-0.1, -0.05) is 31.2 Å². The van der Waals surface area contributed by atoms with Crippen LogP contribution in [-0.4, -0.2) is 32.2 Å². The molecule has 0 aliphatic rings. The van der Waals surface area contributed by atoms with Crippen LogP contribution in [0.4, 0.5) is 5.00 Å². The molecule has 2 aromatic carbocycles. The topological polar surface area (TPSA) is 73.9 Å². The summed E-state index contributed by atoms with van der Waals surface area (Å²) in [4.78, 5) is 24.9. The van der Waals surface area contributed by atoms with Crippen molar-refractivity contribution in [2.75, 3.05) is 25.6 Å². The Hall–Kier alpha value is -3.32. The van der Waals surface area contributed by atoms with Gasteiger partial charge >= 0.3 is 5.97 Å². The number of methoxy groups -OCH3 is 1. The molecule has 7 heteroatoms. The molecule has 0 aliphatic carbocycles. The maximum atomic E-state index is 12.4. The highest BCUT2D eigenvalue weighted by atomic mass is 32.1. The smallest absolute Gasteiger partial charge is 0.341 e. The Kier molecular flexibility index (Phi) is 7.67. The normalized spacial score (nSPS) is 10.4. The lowest BCUT2D eigenvalue weighted by Crippen LogP contribution is -2.21. The number of ether oxygens (including phenoxy) is 3. The van der Waals surface area contributed by atoms with E-state index in [2.05, 4.69) is 12.2 Å². The maximum Gasteiger partial charge on any atom is 0.341 e. The Labute approximate surface area is 185 Å². The van der Waals surface area contributed by atoms with Gasteiger partial charge in [0, 0.05) is 10.9 Å². The van der Waals surface area contributed by atoms with Crippen LogP contribution >= 0.6 is 11.3 Å². The average Bonchev–Trinajstić information content (AvgIpc) is 3.21. The summed E-state index contributed by atoms with van der Waals surface area (Å²) in [6.45, 7) is 4.39. The van der Waals surface area contributed by atoms with Crippen molar-refractivity contribution in [3.8, 4) is 22.6 Å². The molecule has 1 amide bonds. The van der Waals surface area contributed by atoms with Crippen LogP contribution in [0.15, 0.2) is 53.9 Å². The molecule has 0 aliphatic heterocycles. The lowest BCUT2D eigenvalue weighted by molar-refractivity contribution is -0.118. The van der Waals surface area contributed by atoms with Crippen molar-refractivity contribution in [1.29, 1.82) is 0 Å². The number of benzene rings is 2. The molecule has 1 N–H and O–H groups in total. The number of esters is 1. The van der Waals surface area contributed by atoms with Crippen molar-refractivity contribution in [3.05, 3.63) is 65.0 Å². The van der Waals surface area contributed by atoms with E-state index in [1.54, 1.807) is 24.3 Å². The van der Waals surface area contributed by atoms with Crippen LogP contribution in [0.25, 0.3) is 11.1 Å². The summed E-state index contributed by atoms with van der Waals surface area (Å²) in [5, 5.41) is 5.04. The first-order valence-corrected chi connectivity index (χ1v) is 10.9.